The highest BCUT2D eigenvalue weighted by Gasteiger charge is 2.14. The molecule has 0 bridgehead atoms. The van der Waals surface area contributed by atoms with Gasteiger partial charge >= 0.3 is 5.97 Å². The number of rotatable bonds is 3. The van der Waals surface area contributed by atoms with E-state index in [9.17, 15) is 4.79 Å². The topological polar surface area (TPSA) is 55.2 Å². The van der Waals surface area contributed by atoms with Crippen LogP contribution >= 0.6 is 11.6 Å². The van der Waals surface area contributed by atoms with E-state index in [-0.39, 0.29) is 5.97 Å². The van der Waals surface area contributed by atoms with Crippen molar-refractivity contribution in [3.8, 4) is 11.3 Å². The van der Waals surface area contributed by atoms with Crippen LogP contribution in [-0.2, 0) is 4.74 Å². The SMILES string of the molecule is CCOC(=O)c1cc2oc(-c3ccc(Cl)cc3)cc2[nH]1. The zero-order valence-electron chi connectivity index (χ0n) is 10.8. The van der Waals surface area contributed by atoms with Crippen LogP contribution in [0.25, 0.3) is 22.4 Å². The van der Waals surface area contributed by atoms with E-state index in [2.05, 4.69) is 4.98 Å². The van der Waals surface area contributed by atoms with E-state index in [0.717, 1.165) is 16.8 Å². The molecule has 1 aromatic carbocycles. The normalized spacial score (nSPS) is 10.9. The first-order chi connectivity index (χ1) is 9.67. The van der Waals surface area contributed by atoms with Crippen LogP contribution in [0.1, 0.15) is 17.4 Å². The summed E-state index contributed by atoms with van der Waals surface area (Å²) in [6.45, 7) is 2.11. The van der Waals surface area contributed by atoms with Crippen LogP contribution in [0, 0.1) is 0 Å². The molecule has 0 amide bonds. The maximum atomic E-state index is 11.6. The first kappa shape index (κ1) is 12.8. The molecule has 0 saturated heterocycles. The standard InChI is InChI=1S/C15H12ClNO3/c1-2-19-15(18)12-8-14-11(17-12)7-13(20-14)9-3-5-10(16)6-4-9/h3-8,17H,2H2,1H3. The number of halogens is 1. The lowest BCUT2D eigenvalue weighted by Gasteiger charge is -1.98. The predicted octanol–water partition coefficient (Wildman–Crippen LogP) is 4.26. The van der Waals surface area contributed by atoms with Gasteiger partial charge in [-0.2, -0.15) is 0 Å². The summed E-state index contributed by atoms with van der Waals surface area (Å²) in [6.07, 6.45) is 0. The number of aromatic nitrogens is 1. The smallest absolute Gasteiger partial charge is 0.354 e. The molecule has 0 radical (unpaired) electrons. The van der Waals surface area contributed by atoms with Gasteiger partial charge in [-0.25, -0.2) is 4.79 Å². The Kier molecular flexibility index (Phi) is 3.24. The van der Waals surface area contributed by atoms with E-state index in [0.29, 0.717) is 22.9 Å². The van der Waals surface area contributed by atoms with Gasteiger partial charge < -0.3 is 14.1 Å². The maximum absolute atomic E-state index is 11.6. The molecule has 0 spiro atoms. The van der Waals surface area contributed by atoms with Gasteiger partial charge in [0.25, 0.3) is 0 Å². The van der Waals surface area contributed by atoms with Crippen molar-refractivity contribution in [2.45, 2.75) is 6.92 Å². The fraction of sp³-hybridized carbons (Fsp3) is 0.133. The second-order valence-electron chi connectivity index (χ2n) is 4.30. The fourth-order valence-electron chi connectivity index (χ4n) is 2.00. The number of aromatic amines is 1. The third kappa shape index (κ3) is 2.30. The number of H-pyrrole nitrogens is 1. The molecule has 0 unspecified atom stereocenters. The molecule has 5 heteroatoms. The van der Waals surface area contributed by atoms with Crippen molar-refractivity contribution in [2.24, 2.45) is 0 Å². The Labute approximate surface area is 120 Å². The summed E-state index contributed by atoms with van der Waals surface area (Å²) < 4.78 is 10.6. The van der Waals surface area contributed by atoms with E-state index >= 15 is 0 Å². The Morgan fingerprint density at radius 2 is 2.05 bits per heavy atom. The average Bonchev–Trinajstić information content (AvgIpc) is 2.98. The molecule has 0 saturated carbocycles. The molecule has 102 valence electrons. The van der Waals surface area contributed by atoms with Crippen LogP contribution in [0.4, 0.5) is 0 Å². The lowest BCUT2D eigenvalue weighted by atomic mass is 10.2. The zero-order valence-corrected chi connectivity index (χ0v) is 11.5. The largest absolute Gasteiger partial charge is 0.461 e. The first-order valence-electron chi connectivity index (χ1n) is 6.23. The van der Waals surface area contributed by atoms with Gasteiger partial charge in [-0.05, 0) is 31.2 Å². The molecule has 0 fully saturated rings. The van der Waals surface area contributed by atoms with Crippen molar-refractivity contribution >= 4 is 28.7 Å². The Morgan fingerprint density at radius 1 is 1.30 bits per heavy atom. The summed E-state index contributed by atoms with van der Waals surface area (Å²) in [6, 6.07) is 10.9. The van der Waals surface area contributed by atoms with Crippen LogP contribution in [0.2, 0.25) is 5.02 Å². The van der Waals surface area contributed by atoms with Crippen LogP contribution < -0.4 is 0 Å². The van der Waals surface area contributed by atoms with Gasteiger partial charge in [0.2, 0.25) is 0 Å². The number of benzene rings is 1. The molecule has 3 rings (SSSR count). The van der Waals surface area contributed by atoms with Crippen LogP contribution in [0.3, 0.4) is 0 Å². The molecule has 20 heavy (non-hydrogen) atoms. The van der Waals surface area contributed by atoms with Gasteiger partial charge in [0.1, 0.15) is 11.5 Å². The van der Waals surface area contributed by atoms with Crippen LogP contribution in [0.5, 0.6) is 0 Å². The third-order valence-electron chi connectivity index (χ3n) is 2.93. The minimum Gasteiger partial charge on any atom is -0.461 e. The molecular weight excluding hydrogens is 278 g/mol. The van der Waals surface area contributed by atoms with Gasteiger partial charge in [-0.1, -0.05) is 11.6 Å². The third-order valence-corrected chi connectivity index (χ3v) is 3.18. The van der Waals surface area contributed by atoms with Gasteiger partial charge in [-0.15, -0.1) is 0 Å². The van der Waals surface area contributed by atoms with Crippen molar-refractivity contribution < 1.29 is 13.9 Å². The van der Waals surface area contributed by atoms with Crippen molar-refractivity contribution in [3.05, 3.63) is 47.1 Å². The number of carbonyl (C=O) groups excluding carboxylic acids is 1. The van der Waals surface area contributed by atoms with Crippen molar-refractivity contribution in [3.63, 3.8) is 0 Å². The number of carbonyl (C=O) groups is 1. The summed E-state index contributed by atoms with van der Waals surface area (Å²) in [5.41, 5.74) is 2.70. The van der Waals surface area contributed by atoms with Crippen LogP contribution in [-0.4, -0.2) is 17.6 Å². The van der Waals surface area contributed by atoms with E-state index < -0.39 is 0 Å². The monoisotopic (exact) mass is 289 g/mol. The minimum absolute atomic E-state index is 0.343. The molecule has 0 aliphatic carbocycles. The number of furan rings is 1. The summed E-state index contributed by atoms with van der Waals surface area (Å²) in [7, 11) is 0. The van der Waals surface area contributed by atoms with E-state index in [1.165, 1.54) is 0 Å². The van der Waals surface area contributed by atoms with E-state index in [1.54, 1.807) is 25.1 Å². The number of hydrogen-bond acceptors (Lipinski definition) is 3. The van der Waals surface area contributed by atoms with Crippen molar-refractivity contribution in [2.75, 3.05) is 6.61 Å². The average molecular weight is 290 g/mol. The lowest BCUT2D eigenvalue weighted by Crippen LogP contribution is -2.04. The number of esters is 1. The number of ether oxygens (including phenoxy) is 1. The zero-order chi connectivity index (χ0) is 14.1. The van der Waals surface area contributed by atoms with E-state index in [1.807, 2.05) is 18.2 Å². The Morgan fingerprint density at radius 3 is 2.70 bits per heavy atom. The van der Waals surface area contributed by atoms with E-state index in [4.69, 9.17) is 20.8 Å². The molecule has 4 nitrogen and oxygen atoms in total. The van der Waals surface area contributed by atoms with Gasteiger partial charge in [0.05, 0.1) is 12.1 Å². The number of fused-ring (bicyclic) bond motifs is 1. The minimum atomic E-state index is -0.382. The highest BCUT2D eigenvalue weighted by Crippen LogP contribution is 2.29. The molecule has 2 heterocycles. The van der Waals surface area contributed by atoms with Crippen molar-refractivity contribution in [1.82, 2.24) is 4.98 Å². The number of nitrogens with one attached hydrogen (secondary N) is 1. The lowest BCUT2D eigenvalue weighted by molar-refractivity contribution is 0.0520. The second kappa shape index (κ2) is 5.06. The van der Waals surface area contributed by atoms with Crippen LogP contribution in [0.15, 0.2) is 40.8 Å². The summed E-state index contributed by atoms with van der Waals surface area (Å²) in [5, 5.41) is 0.676. The number of hydrogen-bond donors (Lipinski definition) is 1. The molecule has 1 N–H and O–H groups in total. The summed E-state index contributed by atoms with van der Waals surface area (Å²) >= 11 is 5.85. The Hall–Kier alpha value is -2.20. The van der Waals surface area contributed by atoms with Gasteiger partial charge in [-0.3, -0.25) is 0 Å². The van der Waals surface area contributed by atoms with Crippen molar-refractivity contribution in [1.29, 1.82) is 0 Å². The maximum Gasteiger partial charge on any atom is 0.354 e. The quantitative estimate of drug-likeness (QED) is 0.733. The second-order valence-corrected chi connectivity index (χ2v) is 4.74. The first-order valence-corrected chi connectivity index (χ1v) is 6.61. The Balaban J connectivity index is 1.94. The van der Waals surface area contributed by atoms with Gasteiger partial charge in [0, 0.05) is 22.7 Å². The molecular formula is C15H12ClNO3. The molecule has 3 aromatic rings. The molecule has 0 aliphatic rings. The van der Waals surface area contributed by atoms with Gasteiger partial charge in [0.15, 0.2) is 5.58 Å². The summed E-state index contributed by atoms with van der Waals surface area (Å²) in [4.78, 5) is 14.6. The fourth-order valence-corrected chi connectivity index (χ4v) is 2.12. The Bertz CT molecular complexity index is 724. The predicted molar refractivity (Wildman–Crippen MR) is 77.0 cm³/mol. The molecule has 0 aliphatic heterocycles. The highest BCUT2D eigenvalue weighted by molar-refractivity contribution is 6.30. The highest BCUT2D eigenvalue weighted by atomic mass is 35.5. The molecule has 0 atom stereocenters. The summed E-state index contributed by atoms with van der Waals surface area (Å²) in [5.74, 6) is 0.338. The molecule has 2 aromatic heterocycles.